The van der Waals surface area contributed by atoms with Crippen molar-refractivity contribution in [2.45, 2.75) is 31.4 Å². The average Bonchev–Trinajstić information content (AvgIpc) is 1.94. The second-order valence-electron chi connectivity index (χ2n) is 3.03. The van der Waals surface area contributed by atoms with E-state index in [2.05, 4.69) is 13.2 Å². The second kappa shape index (κ2) is 3.42. The molecule has 0 amide bonds. The van der Waals surface area contributed by atoms with Crippen LogP contribution in [0, 0.1) is 5.92 Å². The highest BCUT2D eigenvalue weighted by Gasteiger charge is 2.24. The third-order valence-corrected chi connectivity index (χ3v) is 3.48. The van der Waals surface area contributed by atoms with Crippen molar-refractivity contribution in [3.63, 3.8) is 0 Å². The lowest BCUT2D eigenvalue weighted by Crippen LogP contribution is -2.24. The predicted octanol–water partition coefficient (Wildman–Crippen LogP) is 2.11. The van der Waals surface area contributed by atoms with Crippen LogP contribution >= 0.6 is 11.8 Å². The fraction of sp³-hybridized carbons (Fsp3) is 0.875. The van der Waals surface area contributed by atoms with Gasteiger partial charge in [0.25, 0.3) is 0 Å². The summed E-state index contributed by atoms with van der Waals surface area (Å²) in [4.78, 5) is 11.0. The molecule has 1 nitrogen and oxygen atoms in total. The first-order valence-electron chi connectivity index (χ1n) is 3.78. The Morgan fingerprint density at radius 1 is 1.60 bits per heavy atom. The van der Waals surface area contributed by atoms with Crippen LogP contribution in [0.1, 0.15) is 26.2 Å². The molecule has 0 N–H and O–H groups in total. The van der Waals surface area contributed by atoms with E-state index >= 15 is 0 Å². The van der Waals surface area contributed by atoms with Crippen molar-refractivity contribution >= 4 is 17.5 Å². The Kier molecular flexibility index (Phi) is 2.78. The van der Waals surface area contributed by atoms with Crippen molar-refractivity contribution in [1.29, 1.82) is 0 Å². The Balaban J connectivity index is 2.45. The smallest absolute Gasteiger partial charge is 0.134 e. The van der Waals surface area contributed by atoms with Gasteiger partial charge in [0.1, 0.15) is 5.78 Å². The Hall–Kier alpha value is 0.0200. The zero-order valence-electron chi connectivity index (χ0n) is 6.59. The van der Waals surface area contributed by atoms with Crippen molar-refractivity contribution in [2.75, 3.05) is 6.26 Å². The van der Waals surface area contributed by atoms with E-state index in [9.17, 15) is 4.79 Å². The van der Waals surface area contributed by atoms with E-state index in [1.807, 2.05) is 11.8 Å². The lowest BCUT2D eigenvalue weighted by molar-refractivity contribution is -0.120. The molecule has 1 aliphatic carbocycles. The highest BCUT2D eigenvalue weighted by molar-refractivity contribution is 7.99. The van der Waals surface area contributed by atoms with Gasteiger partial charge in [0.15, 0.2) is 0 Å². The van der Waals surface area contributed by atoms with Gasteiger partial charge in [-0.1, -0.05) is 6.92 Å². The molecule has 1 fully saturated rings. The number of carbonyl (C=O) groups excluding carboxylic acids is 1. The van der Waals surface area contributed by atoms with Crippen LogP contribution in [0.4, 0.5) is 0 Å². The van der Waals surface area contributed by atoms with Gasteiger partial charge in [-0.2, -0.15) is 11.8 Å². The van der Waals surface area contributed by atoms with Crippen molar-refractivity contribution in [1.82, 2.24) is 0 Å². The SMILES string of the molecule is CSC1CC(=O)CCC1C. The topological polar surface area (TPSA) is 17.1 Å². The first-order valence-corrected chi connectivity index (χ1v) is 5.07. The van der Waals surface area contributed by atoms with Crippen molar-refractivity contribution in [3.05, 3.63) is 0 Å². The van der Waals surface area contributed by atoms with Gasteiger partial charge in [-0.25, -0.2) is 0 Å². The Morgan fingerprint density at radius 3 is 2.80 bits per heavy atom. The summed E-state index contributed by atoms with van der Waals surface area (Å²) in [6.07, 6.45) is 4.82. The summed E-state index contributed by atoms with van der Waals surface area (Å²) < 4.78 is 0. The maximum Gasteiger partial charge on any atom is 0.134 e. The molecule has 0 aromatic rings. The number of hydrogen-bond acceptors (Lipinski definition) is 2. The van der Waals surface area contributed by atoms with E-state index in [1.165, 1.54) is 0 Å². The minimum Gasteiger partial charge on any atom is -0.300 e. The van der Waals surface area contributed by atoms with E-state index < -0.39 is 0 Å². The minimum absolute atomic E-state index is 0.456. The normalized spacial score (nSPS) is 34.4. The quantitative estimate of drug-likeness (QED) is 0.581. The minimum atomic E-state index is 0.456. The molecule has 0 aromatic heterocycles. The molecule has 1 rings (SSSR count). The summed E-state index contributed by atoms with van der Waals surface area (Å²) in [5.41, 5.74) is 0. The van der Waals surface area contributed by atoms with E-state index in [0.29, 0.717) is 11.0 Å². The summed E-state index contributed by atoms with van der Waals surface area (Å²) in [7, 11) is 0. The van der Waals surface area contributed by atoms with Gasteiger partial charge in [0.05, 0.1) is 0 Å². The second-order valence-corrected chi connectivity index (χ2v) is 4.11. The van der Waals surface area contributed by atoms with Gasteiger partial charge in [0.2, 0.25) is 0 Å². The molecule has 2 unspecified atom stereocenters. The van der Waals surface area contributed by atoms with Crippen molar-refractivity contribution in [3.8, 4) is 0 Å². The fourth-order valence-electron chi connectivity index (χ4n) is 1.42. The number of ketones is 1. The molecule has 0 saturated heterocycles. The molecule has 58 valence electrons. The van der Waals surface area contributed by atoms with Gasteiger partial charge >= 0.3 is 0 Å². The highest BCUT2D eigenvalue weighted by Crippen LogP contribution is 2.29. The lowest BCUT2D eigenvalue weighted by Gasteiger charge is -2.25. The number of rotatable bonds is 1. The molecular weight excluding hydrogens is 144 g/mol. The average molecular weight is 158 g/mol. The molecule has 0 aromatic carbocycles. The maximum absolute atomic E-state index is 11.0. The third kappa shape index (κ3) is 1.75. The summed E-state index contributed by atoms with van der Waals surface area (Å²) >= 11 is 1.84. The van der Waals surface area contributed by atoms with Crippen LogP contribution in [0.3, 0.4) is 0 Å². The number of hydrogen-bond donors (Lipinski definition) is 0. The van der Waals surface area contributed by atoms with Gasteiger partial charge in [-0.3, -0.25) is 4.79 Å². The predicted molar refractivity (Wildman–Crippen MR) is 45.3 cm³/mol. The number of Topliss-reactive ketones (excluding diaryl/α,β-unsaturated/α-hetero) is 1. The van der Waals surface area contributed by atoms with Gasteiger partial charge < -0.3 is 0 Å². The van der Waals surface area contributed by atoms with Crippen LogP contribution < -0.4 is 0 Å². The molecule has 0 spiro atoms. The Labute approximate surface area is 66.6 Å². The molecule has 1 saturated carbocycles. The fourth-order valence-corrected chi connectivity index (χ4v) is 2.37. The van der Waals surface area contributed by atoms with Crippen LogP contribution in [0.5, 0.6) is 0 Å². The van der Waals surface area contributed by atoms with Crippen LogP contribution in [0.15, 0.2) is 0 Å². The van der Waals surface area contributed by atoms with Crippen molar-refractivity contribution in [2.24, 2.45) is 5.92 Å². The Bertz CT molecular complexity index is 133. The zero-order valence-corrected chi connectivity index (χ0v) is 7.41. The number of thioether (sulfide) groups is 1. The molecular formula is C8H14OS. The monoisotopic (exact) mass is 158 g/mol. The first kappa shape index (κ1) is 8.12. The van der Waals surface area contributed by atoms with E-state index in [-0.39, 0.29) is 0 Å². The van der Waals surface area contributed by atoms with Crippen LogP contribution in [-0.2, 0) is 4.79 Å². The van der Waals surface area contributed by atoms with Crippen LogP contribution in [0.25, 0.3) is 0 Å². The van der Waals surface area contributed by atoms with E-state index in [1.54, 1.807) is 0 Å². The third-order valence-electron chi connectivity index (χ3n) is 2.24. The molecule has 0 aliphatic heterocycles. The molecule has 0 bridgehead atoms. The molecule has 1 aliphatic rings. The molecule has 10 heavy (non-hydrogen) atoms. The number of carbonyl (C=O) groups is 1. The lowest BCUT2D eigenvalue weighted by atomic mass is 9.89. The molecule has 2 atom stereocenters. The van der Waals surface area contributed by atoms with Gasteiger partial charge in [0, 0.05) is 18.1 Å². The van der Waals surface area contributed by atoms with Crippen molar-refractivity contribution < 1.29 is 4.79 Å². The zero-order chi connectivity index (χ0) is 7.56. The van der Waals surface area contributed by atoms with E-state index in [0.717, 1.165) is 25.2 Å². The molecule has 0 radical (unpaired) electrons. The van der Waals surface area contributed by atoms with Gasteiger partial charge in [-0.15, -0.1) is 0 Å². The van der Waals surface area contributed by atoms with E-state index in [4.69, 9.17) is 0 Å². The largest absolute Gasteiger partial charge is 0.300 e. The summed E-state index contributed by atoms with van der Waals surface area (Å²) in [5.74, 6) is 1.20. The summed E-state index contributed by atoms with van der Waals surface area (Å²) in [6, 6.07) is 0. The highest BCUT2D eigenvalue weighted by atomic mass is 32.2. The first-order chi connectivity index (χ1) is 4.74. The summed E-state index contributed by atoms with van der Waals surface area (Å²) in [6.45, 7) is 2.24. The summed E-state index contributed by atoms with van der Waals surface area (Å²) in [5, 5.41) is 0.598. The van der Waals surface area contributed by atoms with Crippen LogP contribution in [-0.4, -0.2) is 17.3 Å². The maximum atomic E-state index is 11.0. The Morgan fingerprint density at radius 2 is 2.30 bits per heavy atom. The standard InChI is InChI=1S/C8H14OS/c1-6-3-4-7(9)5-8(6)10-2/h6,8H,3-5H2,1-2H3. The molecule has 2 heteroatoms. The van der Waals surface area contributed by atoms with Gasteiger partial charge in [-0.05, 0) is 18.6 Å². The van der Waals surface area contributed by atoms with Crippen LogP contribution in [0.2, 0.25) is 0 Å². The molecule has 0 heterocycles.